The van der Waals surface area contributed by atoms with Gasteiger partial charge in [0, 0.05) is 23.9 Å². The van der Waals surface area contributed by atoms with E-state index in [0.29, 0.717) is 12.5 Å². The maximum atomic E-state index is 12.1. The number of thiophene rings is 1. The molecule has 0 aliphatic rings. The second kappa shape index (κ2) is 6.68. The average Bonchev–Trinajstić information content (AvgIpc) is 2.83. The second-order valence-electron chi connectivity index (χ2n) is 4.56. The molecule has 0 aliphatic heterocycles. The predicted molar refractivity (Wildman–Crippen MR) is 72.7 cm³/mol. The Kier molecular flexibility index (Phi) is 5.53. The van der Waals surface area contributed by atoms with Crippen LogP contribution in [0.1, 0.15) is 18.7 Å². The standard InChI is InChI=1S/C12H19F2N3S/c1-12(2,9-5-4-6-18-9)8-17-11(15-3)16-7-10(13)14/h4-6,10H,7-8H2,1-3H3,(H2,15,16,17). The number of hydrogen-bond donors (Lipinski definition) is 2. The summed E-state index contributed by atoms with van der Waals surface area (Å²) in [4.78, 5) is 5.16. The normalized spacial score (nSPS) is 12.9. The third-order valence-electron chi connectivity index (χ3n) is 2.53. The molecule has 1 aromatic rings. The van der Waals surface area contributed by atoms with Gasteiger partial charge in [-0.1, -0.05) is 19.9 Å². The third-order valence-corrected chi connectivity index (χ3v) is 3.77. The summed E-state index contributed by atoms with van der Waals surface area (Å²) >= 11 is 1.69. The first-order valence-electron chi connectivity index (χ1n) is 5.72. The Morgan fingerprint density at radius 3 is 2.67 bits per heavy atom. The molecule has 0 aliphatic carbocycles. The summed E-state index contributed by atoms with van der Waals surface area (Å²) in [6.45, 7) is 4.45. The van der Waals surface area contributed by atoms with Gasteiger partial charge in [0.15, 0.2) is 5.96 Å². The summed E-state index contributed by atoms with van der Waals surface area (Å²) in [6, 6.07) is 4.08. The van der Waals surface area contributed by atoms with Gasteiger partial charge in [0.25, 0.3) is 6.43 Å². The van der Waals surface area contributed by atoms with Crippen LogP contribution >= 0.6 is 11.3 Å². The molecule has 102 valence electrons. The molecule has 1 aromatic heterocycles. The van der Waals surface area contributed by atoms with Crippen molar-refractivity contribution in [3.8, 4) is 0 Å². The van der Waals surface area contributed by atoms with Crippen molar-refractivity contribution in [3.05, 3.63) is 22.4 Å². The van der Waals surface area contributed by atoms with Crippen LogP contribution in [0.3, 0.4) is 0 Å². The van der Waals surface area contributed by atoms with E-state index in [1.54, 1.807) is 18.4 Å². The molecule has 0 atom stereocenters. The van der Waals surface area contributed by atoms with Gasteiger partial charge in [-0.25, -0.2) is 8.78 Å². The molecule has 1 heterocycles. The van der Waals surface area contributed by atoms with Gasteiger partial charge >= 0.3 is 0 Å². The molecule has 0 aromatic carbocycles. The van der Waals surface area contributed by atoms with Gasteiger partial charge in [0.05, 0.1) is 6.54 Å². The second-order valence-corrected chi connectivity index (χ2v) is 5.51. The molecule has 0 bridgehead atoms. The number of hydrogen-bond acceptors (Lipinski definition) is 2. The van der Waals surface area contributed by atoms with E-state index in [1.165, 1.54) is 4.88 Å². The number of alkyl halides is 2. The van der Waals surface area contributed by atoms with Gasteiger partial charge < -0.3 is 10.6 Å². The Bertz CT molecular complexity index is 375. The van der Waals surface area contributed by atoms with Crippen LogP contribution in [0.25, 0.3) is 0 Å². The number of rotatable bonds is 5. The van der Waals surface area contributed by atoms with Crippen LogP contribution in [-0.2, 0) is 5.41 Å². The summed E-state index contributed by atoms with van der Waals surface area (Å²) < 4.78 is 24.2. The maximum absolute atomic E-state index is 12.1. The summed E-state index contributed by atoms with van der Waals surface area (Å²) in [7, 11) is 1.57. The van der Waals surface area contributed by atoms with Crippen molar-refractivity contribution in [1.29, 1.82) is 0 Å². The Hall–Kier alpha value is -1.17. The molecule has 0 unspecified atom stereocenters. The summed E-state index contributed by atoms with van der Waals surface area (Å²) in [5, 5.41) is 7.67. The fourth-order valence-corrected chi connectivity index (χ4v) is 2.30. The number of halogens is 2. The number of guanidine groups is 1. The van der Waals surface area contributed by atoms with Crippen LogP contribution in [0.4, 0.5) is 8.78 Å². The largest absolute Gasteiger partial charge is 0.356 e. The van der Waals surface area contributed by atoms with Crippen molar-refractivity contribution in [2.45, 2.75) is 25.7 Å². The fourth-order valence-electron chi connectivity index (χ4n) is 1.45. The lowest BCUT2D eigenvalue weighted by Crippen LogP contribution is -2.44. The fraction of sp³-hybridized carbons (Fsp3) is 0.583. The van der Waals surface area contributed by atoms with Gasteiger partial charge in [0.1, 0.15) is 0 Å². The number of aliphatic imine (C=N–C) groups is 1. The van der Waals surface area contributed by atoms with Gasteiger partial charge in [-0.15, -0.1) is 11.3 Å². The molecule has 2 N–H and O–H groups in total. The SMILES string of the molecule is CN=C(NCC(F)F)NCC(C)(C)c1cccs1. The zero-order valence-corrected chi connectivity index (χ0v) is 11.7. The van der Waals surface area contributed by atoms with Gasteiger partial charge in [-0.2, -0.15) is 0 Å². The van der Waals surface area contributed by atoms with Crippen LogP contribution in [0, 0.1) is 0 Å². The van der Waals surface area contributed by atoms with Crippen molar-refractivity contribution in [2.24, 2.45) is 4.99 Å². The minimum absolute atomic E-state index is 0.0589. The van der Waals surface area contributed by atoms with E-state index in [0.717, 1.165) is 0 Å². The molecule has 0 fully saturated rings. The van der Waals surface area contributed by atoms with E-state index in [2.05, 4.69) is 35.5 Å². The first kappa shape index (κ1) is 14.9. The van der Waals surface area contributed by atoms with Crippen molar-refractivity contribution < 1.29 is 8.78 Å². The van der Waals surface area contributed by atoms with Crippen molar-refractivity contribution >= 4 is 17.3 Å². The smallest absolute Gasteiger partial charge is 0.255 e. The van der Waals surface area contributed by atoms with Crippen LogP contribution < -0.4 is 10.6 Å². The zero-order valence-electron chi connectivity index (χ0n) is 10.8. The quantitative estimate of drug-likeness (QED) is 0.640. The number of nitrogens with one attached hydrogen (secondary N) is 2. The maximum Gasteiger partial charge on any atom is 0.255 e. The lowest BCUT2D eigenvalue weighted by atomic mass is 9.91. The highest BCUT2D eigenvalue weighted by Gasteiger charge is 2.21. The van der Waals surface area contributed by atoms with Crippen LogP contribution in [0.5, 0.6) is 0 Å². The summed E-state index contributed by atoms with van der Waals surface area (Å²) in [5.41, 5.74) is -0.0589. The molecular weight excluding hydrogens is 256 g/mol. The highest BCUT2D eigenvalue weighted by Crippen LogP contribution is 2.26. The minimum atomic E-state index is -2.38. The molecule has 3 nitrogen and oxygen atoms in total. The topological polar surface area (TPSA) is 36.4 Å². The number of nitrogens with zero attached hydrogens (tertiary/aromatic N) is 1. The van der Waals surface area contributed by atoms with E-state index in [-0.39, 0.29) is 12.0 Å². The molecule has 0 spiro atoms. The first-order valence-corrected chi connectivity index (χ1v) is 6.60. The lowest BCUT2D eigenvalue weighted by Gasteiger charge is -2.25. The minimum Gasteiger partial charge on any atom is -0.356 e. The zero-order chi connectivity index (χ0) is 13.6. The van der Waals surface area contributed by atoms with Crippen LogP contribution in [0.2, 0.25) is 0 Å². The van der Waals surface area contributed by atoms with Crippen molar-refractivity contribution in [2.75, 3.05) is 20.1 Å². The van der Waals surface area contributed by atoms with Crippen LogP contribution in [-0.4, -0.2) is 32.5 Å². The highest BCUT2D eigenvalue weighted by atomic mass is 32.1. The van der Waals surface area contributed by atoms with Crippen molar-refractivity contribution in [1.82, 2.24) is 10.6 Å². The molecular formula is C12H19F2N3S. The van der Waals surface area contributed by atoms with E-state index in [1.807, 2.05) is 11.4 Å². The molecule has 0 amide bonds. The third kappa shape index (κ3) is 4.60. The summed E-state index contributed by atoms with van der Waals surface area (Å²) in [6.07, 6.45) is -2.38. The molecule has 6 heteroatoms. The lowest BCUT2D eigenvalue weighted by molar-refractivity contribution is 0.152. The Labute approximate surface area is 110 Å². The molecule has 1 rings (SSSR count). The van der Waals surface area contributed by atoms with E-state index in [4.69, 9.17) is 0 Å². The monoisotopic (exact) mass is 275 g/mol. The average molecular weight is 275 g/mol. The van der Waals surface area contributed by atoms with Crippen LogP contribution in [0.15, 0.2) is 22.5 Å². The van der Waals surface area contributed by atoms with Gasteiger partial charge in [-0.3, -0.25) is 4.99 Å². The van der Waals surface area contributed by atoms with Gasteiger partial charge in [0.2, 0.25) is 0 Å². The first-order chi connectivity index (χ1) is 8.45. The molecule has 0 saturated heterocycles. The Balaban J connectivity index is 2.48. The van der Waals surface area contributed by atoms with Gasteiger partial charge in [-0.05, 0) is 11.4 Å². The Morgan fingerprint density at radius 1 is 1.44 bits per heavy atom. The molecule has 18 heavy (non-hydrogen) atoms. The van der Waals surface area contributed by atoms with E-state index in [9.17, 15) is 8.78 Å². The molecule has 0 saturated carbocycles. The van der Waals surface area contributed by atoms with E-state index < -0.39 is 6.43 Å². The van der Waals surface area contributed by atoms with Crippen molar-refractivity contribution in [3.63, 3.8) is 0 Å². The predicted octanol–water partition coefficient (Wildman–Crippen LogP) is 2.46. The molecule has 0 radical (unpaired) electrons. The Morgan fingerprint density at radius 2 is 2.17 bits per heavy atom. The highest BCUT2D eigenvalue weighted by molar-refractivity contribution is 7.10. The van der Waals surface area contributed by atoms with E-state index >= 15 is 0 Å². The summed E-state index contributed by atoms with van der Waals surface area (Å²) in [5.74, 6) is 0.403.